The number of carbonyl (C=O) groups excluding carboxylic acids is 2. The molecule has 2 aromatic rings. The van der Waals surface area contributed by atoms with Crippen molar-refractivity contribution in [3.63, 3.8) is 0 Å². The first-order valence-electron chi connectivity index (χ1n) is 7.10. The van der Waals surface area contributed by atoms with E-state index in [0.29, 0.717) is 10.6 Å². The van der Waals surface area contributed by atoms with E-state index in [1.54, 1.807) is 17.5 Å². The molecule has 0 atom stereocenters. The number of alkyl halides is 3. The number of benzene rings is 1. The van der Waals surface area contributed by atoms with E-state index in [4.69, 9.17) is 0 Å². The minimum atomic E-state index is -4.48. The van der Waals surface area contributed by atoms with Crippen LogP contribution in [0.1, 0.15) is 28.6 Å². The molecule has 132 valence electrons. The zero-order valence-electron chi connectivity index (χ0n) is 13.1. The first-order chi connectivity index (χ1) is 11.8. The molecule has 2 amide bonds. The van der Waals surface area contributed by atoms with Crippen LogP contribution >= 0.6 is 11.3 Å². The van der Waals surface area contributed by atoms with Gasteiger partial charge in [-0.05, 0) is 36.6 Å². The second-order valence-electron chi connectivity index (χ2n) is 5.07. The maximum Gasteiger partial charge on any atom is 0.416 e. The SMILES string of the molecule is C/C(CC(=O)Nc1cccc(C(F)(F)F)c1)=N\NC(=O)c1cccs1. The number of amides is 2. The normalized spacial score (nSPS) is 11.9. The quantitative estimate of drug-likeness (QED) is 0.620. The van der Waals surface area contributed by atoms with E-state index in [0.717, 1.165) is 12.1 Å². The molecule has 9 heteroatoms. The largest absolute Gasteiger partial charge is 0.416 e. The van der Waals surface area contributed by atoms with E-state index < -0.39 is 23.6 Å². The summed E-state index contributed by atoms with van der Waals surface area (Å²) in [6.07, 6.45) is -4.65. The average Bonchev–Trinajstić information content (AvgIpc) is 3.06. The lowest BCUT2D eigenvalue weighted by Crippen LogP contribution is -2.21. The van der Waals surface area contributed by atoms with Crippen molar-refractivity contribution in [3.8, 4) is 0 Å². The van der Waals surface area contributed by atoms with Crippen LogP contribution in [0.5, 0.6) is 0 Å². The third-order valence-corrected chi connectivity index (χ3v) is 3.85. The molecule has 0 saturated heterocycles. The van der Waals surface area contributed by atoms with Gasteiger partial charge in [-0.2, -0.15) is 18.3 Å². The second kappa shape index (κ2) is 7.93. The van der Waals surface area contributed by atoms with Crippen LogP contribution in [0.15, 0.2) is 46.9 Å². The van der Waals surface area contributed by atoms with Crippen molar-refractivity contribution in [2.75, 3.05) is 5.32 Å². The molecule has 0 aliphatic heterocycles. The van der Waals surface area contributed by atoms with Gasteiger partial charge in [0.25, 0.3) is 5.91 Å². The van der Waals surface area contributed by atoms with Gasteiger partial charge in [0.05, 0.1) is 16.9 Å². The van der Waals surface area contributed by atoms with Crippen LogP contribution in [0.4, 0.5) is 18.9 Å². The monoisotopic (exact) mass is 369 g/mol. The third-order valence-electron chi connectivity index (χ3n) is 2.98. The zero-order chi connectivity index (χ0) is 18.4. The van der Waals surface area contributed by atoms with Crippen LogP contribution in [0, 0.1) is 0 Å². The fourth-order valence-electron chi connectivity index (χ4n) is 1.86. The van der Waals surface area contributed by atoms with Crippen molar-refractivity contribution in [3.05, 3.63) is 52.2 Å². The standard InChI is InChI=1S/C16H14F3N3O2S/c1-10(21-22-15(24)13-6-3-7-25-13)8-14(23)20-12-5-2-4-11(9-12)16(17,18)19/h2-7,9H,8H2,1H3,(H,20,23)(H,22,24)/b21-10+. The van der Waals surface area contributed by atoms with Crippen molar-refractivity contribution in [1.82, 2.24) is 5.43 Å². The second-order valence-corrected chi connectivity index (χ2v) is 6.02. The summed E-state index contributed by atoms with van der Waals surface area (Å²) in [7, 11) is 0. The highest BCUT2D eigenvalue weighted by atomic mass is 32.1. The van der Waals surface area contributed by atoms with Gasteiger partial charge in [0.15, 0.2) is 0 Å². The smallest absolute Gasteiger partial charge is 0.326 e. The van der Waals surface area contributed by atoms with E-state index in [2.05, 4.69) is 15.8 Å². The van der Waals surface area contributed by atoms with Crippen LogP contribution in [0.25, 0.3) is 0 Å². The highest BCUT2D eigenvalue weighted by molar-refractivity contribution is 7.12. The first kappa shape index (κ1) is 18.7. The van der Waals surface area contributed by atoms with Gasteiger partial charge in [-0.25, -0.2) is 5.43 Å². The molecule has 0 spiro atoms. The molecule has 0 aliphatic carbocycles. The lowest BCUT2D eigenvalue weighted by molar-refractivity contribution is -0.137. The molecule has 0 aliphatic rings. The lowest BCUT2D eigenvalue weighted by Gasteiger charge is -2.09. The van der Waals surface area contributed by atoms with E-state index in [1.807, 2.05) is 0 Å². The maximum absolute atomic E-state index is 12.6. The van der Waals surface area contributed by atoms with Crippen LogP contribution in [0.3, 0.4) is 0 Å². The molecular weight excluding hydrogens is 355 g/mol. The predicted octanol–water partition coefficient (Wildman–Crippen LogP) is 3.90. The van der Waals surface area contributed by atoms with Crippen molar-refractivity contribution < 1.29 is 22.8 Å². The molecule has 25 heavy (non-hydrogen) atoms. The Morgan fingerprint density at radius 1 is 1.20 bits per heavy atom. The Labute approximate surface area is 145 Å². The molecule has 0 fully saturated rings. The summed E-state index contributed by atoms with van der Waals surface area (Å²) in [5, 5.41) is 7.92. The fourth-order valence-corrected chi connectivity index (χ4v) is 2.47. The summed E-state index contributed by atoms with van der Waals surface area (Å²) < 4.78 is 37.9. The Balaban J connectivity index is 1.91. The Hall–Kier alpha value is -2.68. The first-order valence-corrected chi connectivity index (χ1v) is 7.98. The van der Waals surface area contributed by atoms with Crippen molar-refractivity contribution >= 4 is 34.6 Å². The zero-order valence-corrected chi connectivity index (χ0v) is 13.9. The Kier molecular flexibility index (Phi) is 5.92. The summed E-state index contributed by atoms with van der Waals surface area (Å²) in [6.45, 7) is 1.53. The van der Waals surface area contributed by atoms with Gasteiger partial charge in [-0.15, -0.1) is 11.3 Å². The highest BCUT2D eigenvalue weighted by Crippen LogP contribution is 2.30. The van der Waals surface area contributed by atoms with Crippen molar-refractivity contribution in [2.45, 2.75) is 19.5 Å². The van der Waals surface area contributed by atoms with Crippen molar-refractivity contribution in [1.29, 1.82) is 0 Å². The number of nitrogens with zero attached hydrogens (tertiary/aromatic N) is 1. The Morgan fingerprint density at radius 2 is 1.96 bits per heavy atom. The highest BCUT2D eigenvalue weighted by Gasteiger charge is 2.30. The molecule has 1 aromatic heterocycles. The molecule has 1 aromatic carbocycles. The summed E-state index contributed by atoms with van der Waals surface area (Å²) in [4.78, 5) is 24.1. The Morgan fingerprint density at radius 3 is 2.60 bits per heavy atom. The maximum atomic E-state index is 12.6. The minimum absolute atomic E-state index is 0.0373. The van der Waals surface area contributed by atoms with E-state index >= 15 is 0 Å². The minimum Gasteiger partial charge on any atom is -0.326 e. The number of hydrazone groups is 1. The molecule has 1 heterocycles. The summed E-state index contributed by atoms with van der Waals surface area (Å²) in [5.41, 5.74) is 1.82. The van der Waals surface area contributed by atoms with Gasteiger partial charge >= 0.3 is 6.18 Å². The number of hydrogen-bond acceptors (Lipinski definition) is 4. The number of rotatable bonds is 5. The van der Waals surface area contributed by atoms with Crippen LogP contribution in [-0.2, 0) is 11.0 Å². The summed E-state index contributed by atoms with van der Waals surface area (Å²) in [6, 6.07) is 7.69. The van der Waals surface area contributed by atoms with E-state index in [-0.39, 0.29) is 12.1 Å². The van der Waals surface area contributed by atoms with Crippen LogP contribution < -0.4 is 10.7 Å². The average molecular weight is 369 g/mol. The molecule has 0 bridgehead atoms. The van der Waals surface area contributed by atoms with Gasteiger partial charge in [0.2, 0.25) is 5.91 Å². The van der Waals surface area contributed by atoms with Gasteiger partial charge < -0.3 is 5.32 Å². The number of carbonyl (C=O) groups is 2. The molecule has 2 N–H and O–H groups in total. The van der Waals surface area contributed by atoms with E-state index in [9.17, 15) is 22.8 Å². The predicted molar refractivity (Wildman–Crippen MR) is 89.6 cm³/mol. The van der Waals surface area contributed by atoms with Gasteiger partial charge in [-0.1, -0.05) is 12.1 Å². The molecule has 0 radical (unpaired) electrons. The molecular formula is C16H14F3N3O2S. The summed E-state index contributed by atoms with van der Waals surface area (Å²) in [5.74, 6) is -0.932. The fraction of sp³-hybridized carbons (Fsp3) is 0.188. The van der Waals surface area contributed by atoms with Gasteiger partial charge in [0.1, 0.15) is 0 Å². The molecule has 2 rings (SSSR count). The third kappa shape index (κ3) is 5.71. The van der Waals surface area contributed by atoms with Crippen LogP contribution in [-0.4, -0.2) is 17.5 Å². The number of thiophene rings is 1. The molecule has 5 nitrogen and oxygen atoms in total. The molecule has 0 saturated carbocycles. The van der Waals surface area contributed by atoms with Crippen LogP contribution in [0.2, 0.25) is 0 Å². The molecule has 0 unspecified atom stereocenters. The lowest BCUT2D eigenvalue weighted by atomic mass is 10.2. The number of anilines is 1. The number of halogens is 3. The Bertz CT molecular complexity index is 786. The van der Waals surface area contributed by atoms with Gasteiger partial charge in [-0.3, -0.25) is 9.59 Å². The number of nitrogens with one attached hydrogen (secondary N) is 2. The summed E-state index contributed by atoms with van der Waals surface area (Å²) >= 11 is 1.25. The van der Waals surface area contributed by atoms with Crippen molar-refractivity contribution in [2.24, 2.45) is 5.10 Å². The van der Waals surface area contributed by atoms with E-state index in [1.165, 1.54) is 30.4 Å². The topological polar surface area (TPSA) is 70.6 Å². The number of hydrogen-bond donors (Lipinski definition) is 2. The van der Waals surface area contributed by atoms with Gasteiger partial charge in [0, 0.05) is 11.4 Å².